The molecular weight excluding hydrogens is 440 g/mol. The number of rotatable bonds is 7. The second-order valence-electron chi connectivity index (χ2n) is 7.35. The number of benzene rings is 2. The number of thiazole rings is 1. The number of hydrogen-bond donors (Lipinski definition) is 2. The van der Waals surface area contributed by atoms with E-state index in [1.165, 1.54) is 22.4 Å². The number of amides is 2. The smallest absolute Gasteiger partial charge is 0.356 e. The number of nitrogens with zero attached hydrogens (tertiary/aromatic N) is 2. The van der Waals surface area contributed by atoms with Crippen LogP contribution in [-0.4, -0.2) is 22.8 Å². The second-order valence-corrected chi connectivity index (χ2v) is 8.29. The highest BCUT2D eigenvalue weighted by Crippen LogP contribution is 2.19. The zero-order valence-electron chi connectivity index (χ0n) is 17.9. The first-order valence-corrected chi connectivity index (χ1v) is 11.2. The van der Waals surface area contributed by atoms with Gasteiger partial charge in [-0.05, 0) is 36.8 Å². The van der Waals surface area contributed by atoms with Crippen LogP contribution in [-0.2, 0) is 32.1 Å². The van der Waals surface area contributed by atoms with Crippen molar-refractivity contribution in [1.29, 1.82) is 0 Å². The van der Waals surface area contributed by atoms with Gasteiger partial charge in [0.05, 0.1) is 17.8 Å². The minimum absolute atomic E-state index is 0.0347. The van der Waals surface area contributed by atoms with Crippen molar-refractivity contribution in [2.45, 2.75) is 26.4 Å². The summed E-state index contributed by atoms with van der Waals surface area (Å²) < 4.78 is 5.35. The van der Waals surface area contributed by atoms with E-state index in [2.05, 4.69) is 15.7 Å². The number of aryl methyl sites for hydroxylation is 1. The Balaban J connectivity index is 1.30. The highest BCUT2D eigenvalue weighted by Gasteiger charge is 2.25. The number of ether oxygens (including phenoxy) is 1. The van der Waals surface area contributed by atoms with Crippen LogP contribution in [0.4, 0.5) is 11.4 Å². The van der Waals surface area contributed by atoms with Gasteiger partial charge in [0.25, 0.3) is 0 Å². The molecule has 2 heterocycles. The molecule has 9 heteroatoms. The van der Waals surface area contributed by atoms with Crippen molar-refractivity contribution in [2.24, 2.45) is 0 Å². The third kappa shape index (κ3) is 5.64. The summed E-state index contributed by atoms with van der Waals surface area (Å²) in [5, 5.41) is 6.58. The number of hydrogen-bond acceptors (Lipinski definition) is 7. The fourth-order valence-corrected chi connectivity index (χ4v) is 3.96. The predicted octanol–water partition coefficient (Wildman–Crippen LogP) is 3.50. The maximum Gasteiger partial charge on any atom is 0.356 e. The normalized spacial score (nSPS) is 13.2. The Labute approximate surface area is 194 Å². The molecule has 4 rings (SSSR count). The standard InChI is InChI=1S/C24H22N4O4S/c1-16-7-5-6-10-19(16)26-21(29)13-22-25-17(15-33-22)14-32-24(31)20-11-12-23(30)28(27-20)18-8-3-2-4-9-18/h2-11,15,27H,12-14H2,1H3,(H,26,29). The fourth-order valence-electron chi connectivity index (χ4n) is 3.18. The minimum Gasteiger partial charge on any atom is -0.454 e. The first-order valence-electron chi connectivity index (χ1n) is 10.3. The van der Waals surface area contributed by atoms with Gasteiger partial charge < -0.3 is 10.1 Å². The van der Waals surface area contributed by atoms with Crippen LogP contribution < -0.4 is 15.8 Å². The molecule has 0 aliphatic carbocycles. The average molecular weight is 463 g/mol. The van der Waals surface area contributed by atoms with E-state index in [9.17, 15) is 14.4 Å². The second kappa shape index (κ2) is 10.1. The summed E-state index contributed by atoms with van der Waals surface area (Å²) in [6, 6.07) is 16.5. The quantitative estimate of drug-likeness (QED) is 0.521. The zero-order valence-corrected chi connectivity index (χ0v) is 18.7. The summed E-state index contributed by atoms with van der Waals surface area (Å²) in [5.41, 5.74) is 5.94. The molecular formula is C24H22N4O4S. The van der Waals surface area contributed by atoms with Gasteiger partial charge in [0, 0.05) is 17.5 Å². The number of carbonyl (C=O) groups is 3. The number of nitrogens with one attached hydrogen (secondary N) is 2. The Morgan fingerprint density at radius 1 is 1.15 bits per heavy atom. The molecule has 1 aliphatic heterocycles. The lowest BCUT2D eigenvalue weighted by Gasteiger charge is -2.28. The Morgan fingerprint density at radius 2 is 1.91 bits per heavy atom. The Hall–Kier alpha value is -3.98. The molecule has 2 N–H and O–H groups in total. The van der Waals surface area contributed by atoms with E-state index in [1.54, 1.807) is 17.5 Å². The van der Waals surface area contributed by atoms with Crippen LogP contribution in [0.2, 0.25) is 0 Å². The molecule has 0 spiro atoms. The van der Waals surface area contributed by atoms with E-state index in [1.807, 2.05) is 49.4 Å². The van der Waals surface area contributed by atoms with Crippen LogP contribution in [0.25, 0.3) is 0 Å². The van der Waals surface area contributed by atoms with Crippen molar-refractivity contribution < 1.29 is 19.1 Å². The minimum atomic E-state index is -0.588. The fraction of sp³-hybridized carbons (Fsp3) is 0.167. The van der Waals surface area contributed by atoms with E-state index in [0.29, 0.717) is 16.4 Å². The Bertz CT molecular complexity index is 1210. The van der Waals surface area contributed by atoms with E-state index >= 15 is 0 Å². The summed E-state index contributed by atoms with van der Waals surface area (Å²) >= 11 is 1.33. The van der Waals surface area contributed by atoms with Crippen LogP contribution in [0.3, 0.4) is 0 Å². The molecule has 0 saturated carbocycles. The first-order chi connectivity index (χ1) is 16.0. The van der Waals surface area contributed by atoms with Gasteiger partial charge in [0.1, 0.15) is 17.3 Å². The summed E-state index contributed by atoms with van der Waals surface area (Å²) in [6.45, 7) is 1.89. The molecule has 168 valence electrons. The molecule has 2 aromatic carbocycles. The lowest BCUT2D eigenvalue weighted by Crippen LogP contribution is -2.47. The summed E-state index contributed by atoms with van der Waals surface area (Å²) in [5.74, 6) is -0.925. The third-order valence-corrected chi connectivity index (χ3v) is 5.78. The third-order valence-electron chi connectivity index (χ3n) is 4.88. The van der Waals surface area contributed by atoms with Gasteiger partial charge in [0.15, 0.2) is 0 Å². The molecule has 0 saturated heterocycles. The molecule has 33 heavy (non-hydrogen) atoms. The van der Waals surface area contributed by atoms with Gasteiger partial charge in [-0.1, -0.05) is 36.4 Å². The van der Waals surface area contributed by atoms with Crippen molar-refractivity contribution in [3.8, 4) is 0 Å². The molecule has 1 aliphatic rings. The van der Waals surface area contributed by atoms with Crippen LogP contribution in [0, 0.1) is 6.92 Å². The van der Waals surface area contributed by atoms with Crippen LogP contribution in [0.1, 0.15) is 22.7 Å². The van der Waals surface area contributed by atoms with E-state index in [-0.39, 0.29) is 37.0 Å². The highest BCUT2D eigenvalue weighted by molar-refractivity contribution is 7.09. The lowest BCUT2D eigenvalue weighted by molar-refractivity contribution is -0.141. The summed E-state index contributed by atoms with van der Waals surface area (Å²) in [7, 11) is 0. The molecule has 0 unspecified atom stereocenters. The van der Waals surface area contributed by atoms with Gasteiger partial charge in [0.2, 0.25) is 11.8 Å². The van der Waals surface area contributed by atoms with Gasteiger partial charge in [-0.3, -0.25) is 15.0 Å². The molecule has 3 aromatic rings. The zero-order chi connectivity index (χ0) is 23.2. The van der Waals surface area contributed by atoms with Crippen LogP contribution in [0.15, 0.2) is 71.8 Å². The van der Waals surface area contributed by atoms with Gasteiger partial charge in [-0.2, -0.15) is 0 Å². The Kier molecular flexibility index (Phi) is 6.80. The molecule has 2 amide bonds. The topological polar surface area (TPSA) is 101 Å². The molecule has 0 bridgehead atoms. The van der Waals surface area contributed by atoms with Gasteiger partial charge in [-0.25, -0.2) is 14.8 Å². The van der Waals surface area contributed by atoms with Crippen molar-refractivity contribution in [3.63, 3.8) is 0 Å². The molecule has 0 radical (unpaired) electrons. The number of anilines is 2. The molecule has 1 aromatic heterocycles. The van der Waals surface area contributed by atoms with Crippen molar-refractivity contribution >= 4 is 40.5 Å². The number of para-hydroxylation sites is 2. The summed E-state index contributed by atoms with van der Waals surface area (Å²) in [6.07, 6.45) is 1.73. The monoisotopic (exact) mass is 462 g/mol. The maximum absolute atomic E-state index is 12.5. The predicted molar refractivity (Wildman–Crippen MR) is 125 cm³/mol. The van der Waals surface area contributed by atoms with E-state index < -0.39 is 5.97 Å². The number of carbonyl (C=O) groups excluding carboxylic acids is 3. The summed E-state index contributed by atoms with van der Waals surface area (Å²) in [4.78, 5) is 41.4. The molecule has 8 nitrogen and oxygen atoms in total. The maximum atomic E-state index is 12.5. The van der Waals surface area contributed by atoms with E-state index in [0.717, 1.165) is 11.3 Å². The number of hydrazine groups is 1. The molecule has 0 atom stereocenters. The lowest BCUT2D eigenvalue weighted by atomic mass is 10.2. The van der Waals surface area contributed by atoms with Crippen LogP contribution >= 0.6 is 11.3 Å². The number of aromatic nitrogens is 1. The van der Waals surface area contributed by atoms with Crippen LogP contribution in [0.5, 0.6) is 0 Å². The molecule has 0 fully saturated rings. The van der Waals surface area contributed by atoms with E-state index in [4.69, 9.17) is 4.74 Å². The van der Waals surface area contributed by atoms with Gasteiger partial charge >= 0.3 is 5.97 Å². The Morgan fingerprint density at radius 3 is 2.70 bits per heavy atom. The van der Waals surface area contributed by atoms with Crippen molar-refractivity contribution in [1.82, 2.24) is 10.4 Å². The largest absolute Gasteiger partial charge is 0.454 e. The number of esters is 1. The highest BCUT2D eigenvalue weighted by atomic mass is 32.1. The van der Waals surface area contributed by atoms with Crippen molar-refractivity contribution in [3.05, 3.63) is 88.0 Å². The average Bonchev–Trinajstić information content (AvgIpc) is 3.27. The SMILES string of the molecule is Cc1ccccc1NC(=O)Cc1nc(COC(=O)C2=CCC(=O)N(c3ccccc3)N2)cs1. The van der Waals surface area contributed by atoms with Gasteiger partial charge in [-0.15, -0.1) is 11.3 Å². The van der Waals surface area contributed by atoms with Crippen molar-refractivity contribution in [2.75, 3.05) is 10.3 Å². The first kappa shape index (κ1) is 22.2.